The van der Waals surface area contributed by atoms with Gasteiger partial charge in [-0.2, -0.15) is 10.2 Å². The Balaban J connectivity index is 2.52. The first kappa shape index (κ1) is 9.29. The van der Waals surface area contributed by atoms with Gasteiger partial charge in [0, 0.05) is 0 Å². The summed E-state index contributed by atoms with van der Waals surface area (Å²) in [6.07, 6.45) is 0. The van der Waals surface area contributed by atoms with Gasteiger partial charge in [0.05, 0.1) is 18.0 Å². The third-order valence-electron chi connectivity index (χ3n) is 2.09. The summed E-state index contributed by atoms with van der Waals surface area (Å²) < 4.78 is 22.1. The Hall–Kier alpha value is -1.27. The van der Waals surface area contributed by atoms with Crippen molar-refractivity contribution in [1.29, 1.82) is 0 Å². The zero-order valence-corrected chi connectivity index (χ0v) is 8.16. The van der Waals surface area contributed by atoms with Gasteiger partial charge in [-0.3, -0.25) is 0 Å². The highest BCUT2D eigenvalue weighted by atomic mass is 32.2. The Morgan fingerprint density at radius 1 is 1.14 bits per heavy atom. The first-order valence-electron chi connectivity index (χ1n) is 4.05. The van der Waals surface area contributed by atoms with Gasteiger partial charge in [0.1, 0.15) is 0 Å². The molecule has 0 amide bonds. The molecule has 0 saturated heterocycles. The van der Waals surface area contributed by atoms with E-state index in [9.17, 15) is 8.42 Å². The van der Waals surface area contributed by atoms with Crippen LogP contribution in [-0.2, 0) is 23.1 Å². The van der Waals surface area contributed by atoms with Gasteiger partial charge in [-0.05, 0) is 23.3 Å². The minimum Gasteiger partial charge on any atom is -0.225 e. The summed E-state index contributed by atoms with van der Waals surface area (Å²) >= 11 is 0. The van der Waals surface area contributed by atoms with E-state index in [0.29, 0.717) is 13.1 Å². The third kappa shape index (κ3) is 1.66. The van der Waals surface area contributed by atoms with Crippen molar-refractivity contribution in [3.05, 3.63) is 29.3 Å². The maximum Gasteiger partial charge on any atom is 0.238 e. The molecule has 1 aromatic rings. The molecule has 2 N–H and O–H groups in total. The summed E-state index contributed by atoms with van der Waals surface area (Å²) in [7, 11) is -3.61. The molecule has 74 valence electrons. The fourth-order valence-electron chi connectivity index (χ4n) is 1.33. The number of primary sulfonamides is 1. The SMILES string of the molecule is NS(=O)(=O)c1ccc2c(c1)CN=NC2. The topological polar surface area (TPSA) is 84.9 Å². The molecule has 1 aromatic carbocycles. The summed E-state index contributed by atoms with van der Waals surface area (Å²) in [6.45, 7) is 0.943. The number of nitrogens with zero attached hydrogens (tertiary/aromatic N) is 2. The zero-order chi connectivity index (χ0) is 10.2. The van der Waals surface area contributed by atoms with Crippen molar-refractivity contribution in [2.45, 2.75) is 18.0 Å². The zero-order valence-electron chi connectivity index (χ0n) is 7.34. The molecule has 0 fully saturated rings. The van der Waals surface area contributed by atoms with Crippen LogP contribution in [0.2, 0.25) is 0 Å². The van der Waals surface area contributed by atoms with E-state index in [1.54, 1.807) is 12.1 Å². The number of azo groups is 1. The largest absolute Gasteiger partial charge is 0.238 e. The van der Waals surface area contributed by atoms with Gasteiger partial charge in [-0.25, -0.2) is 13.6 Å². The molecule has 1 aliphatic rings. The highest BCUT2D eigenvalue weighted by Gasteiger charge is 2.12. The Morgan fingerprint density at radius 3 is 2.43 bits per heavy atom. The van der Waals surface area contributed by atoms with E-state index in [1.807, 2.05) is 0 Å². The summed E-state index contributed by atoms with van der Waals surface area (Å²) in [6, 6.07) is 4.78. The minimum atomic E-state index is -3.61. The van der Waals surface area contributed by atoms with E-state index in [4.69, 9.17) is 5.14 Å². The normalized spacial score (nSPS) is 15.2. The van der Waals surface area contributed by atoms with Crippen molar-refractivity contribution < 1.29 is 8.42 Å². The van der Waals surface area contributed by atoms with Crippen molar-refractivity contribution in [3.63, 3.8) is 0 Å². The smallest absolute Gasteiger partial charge is 0.225 e. The lowest BCUT2D eigenvalue weighted by molar-refractivity contribution is 0.597. The van der Waals surface area contributed by atoms with Crippen molar-refractivity contribution in [2.75, 3.05) is 0 Å². The monoisotopic (exact) mass is 211 g/mol. The molecule has 1 heterocycles. The lowest BCUT2D eigenvalue weighted by Gasteiger charge is -2.10. The first-order chi connectivity index (χ1) is 6.57. The van der Waals surface area contributed by atoms with Gasteiger partial charge < -0.3 is 0 Å². The van der Waals surface area contributed by atoms with E-state index in [1.165, 1.54) is 6.07 Å². The molecule has 0 unspecified atom stereocenters. The van der Waals surface area contributed by atoms with Crippen LogP contribution in [0.5, 0.6) is 0 Å². The average Bonchev–Trinajstić information content (AvgIpc) is 2.16. The standard InChI is InChI=1S/C8H9N3O2S/c9-14(12,13)8-2-1-6-4-10-11-5-7(6)3-8/h1-3H,4-5H2,(H2,9,12,13). The molecular formula is C8H9N3O2S. The molecule has 14 heavy (non-hydrogen) atoms. The summed E-state index contributed by atoms with van der Waals surface area (Å²) in [4.78, 5) is 0.133. The van der Waals surface area contributed by atoms with E-state index < -0.39 is 10.0 Å². The molecular weight excluding hydrogens is 202 g/mol. The highest BCUT2D eigenvalue weighted by molar-refractivity contribution is 7.89. The number of rotatable bonds is 1. The Bertz CT molecular complexity index is 493. The van der Waals surface area contributed by atoms with Gasteiger partial charge in [0.15, 0.2) is 0 Å². The van der Waals surface area contributed by atoms with Crippen molar-refractivity contribution >= 4 is 10.0 Å². The number of hydrogen-bond acceptors (Lipinski definition) is 4. The molecule has 0 spiro atoms. The molecule has 5 nitrogen and oxygen atoms in total. The van der Waals surface area contributed by atoms with E-state index in [-0.39, 0.29) is 4.90 Å². The fourth-order valence-corrected chi connectivity index (χ4v) is 1.90. The number of nitrogens with two attached hydrogens (primary N) is 1. The van der Waals surface area contributed by atoms with Crippen LogP contribution in [0.25, 0.3) is 0 Å². The molecule has 0 atom stereocenters. The Kier molecular flexibility index (Phi) is 2.09. The molecule has 0 saturated carbocycles. The fraction of sp³-hybridized carbons (Fsp3) is 0.250. The molecule has 6 heteroatoms. The molecule has 2 rings (SSSR count). The van der Waals surface area contributed by atoms with Gasteiger partial charge in [0.2, 0.25) is 10.0 Å². The summed E-state index contributed by atoms with van der Waals surface area (Å²) in [5.74, 6) is 0. The van der Waals surface area contributed by atoms with Crippen LogP contribution in [-0.4, -0.2) is 8.42 Å². The van der Waals surface area contributed by atoms with Crippen LogP contribution in [0.15, 0.2) is 33.3 Å². The molecule has 0 aromatic heterocycles. The highest BCUT2D eigenvalue weighted by Crippen LogP contribution is 2.20. The van der Waals surface area contributed by atoms with Crippen LogP contribution < -0.4 is 5.14 Å². The van der Waals surface area contributed by atoms with Crippen molar-refractivity contribution in [1.82, 2.24) is 0 Å². The molecule has 0 bridgehead atoms. The second-order valence-corrected chi connectivity index (χ2v) is 4.64. The summed E-state index contributed by atoms with van der Waals surface area (Å²) in [5, 5.41) is 12.7. The van der Waals surface area contributed by atoms with Gasteiger partial charge in [0.25, 0.3) is 0 Å². The van der Waals surface area contributed by atoms with Crippen LogP contribution >= 0.6 is 0 Å². The molecule has 1 aliphatic heterocycles. The van der Waals surface area contributed by atoms with Gasteiger partial charge >= 0.3 is 0 Å². The number of fused-ring (bicyclic) bond motifs is 1. The van der Waals surface area contributed by atoms with Crippen LogP contribution in [0, 0.1) is 0 Å². The van der Waals surface area contributed by atoms with E-state index >= 15 is 0 Å². The predicted octanol–water partition coefficient (Wildman–Crippen LogP) is 0.800. The molecule has 0 aliphatic carbocycles. The van der Waals surface area contributed by atoms with Crippen LogP contribution in [0.3, 0.4) is 0 Å². The van der Waals surface area contributed by atoms with Crippen molar-refractivity contribution in [2.24, 2.45) is 15.4 Å². The predicted molar refractivity (Wildman–Crippen MR) is 50.1 cm³/mol. The average molecular weight is 211 g/mol. The minimum absolute atomic E-state index is 0.133. The quantitative estimate of drug-likeness (QED) is 0.745. The number of sulfonamides is 1. The first-order valence-corrected chi connectivity index (χ1v) is 5.60. The second kappa shape index (κ2) is 3.14. The second-order valence-electron chi connectivity index (χ2n) is 3.07. The number of benzene rings is 1. The summed E-state index contributed by atoms with van der Waals surface area (Å²) in [5.41, 5.74) is 1.89. The maximum absolute atomic E-state index is 11.0. The third-order valence-corrected chi connectivity index (χ3v) is 3.00. The van der Waals surface area contributed by atoms with Crippen molar-refractivity contribution in [3.8, 4) is 0 Å². The number of hydrogen-bond donors (Lipinski definition) is 1. The van der Waals surface area contributed by atoms with Crippen LogP contribution in [0.1, 0.15) is 11.1 Å². The molecule has 0 radical (unpaired) electrons. The lowest BCUT2D eigenvalue weighted by Crippen LogP contribution is -2.13. The van der Waals surface area contributed by atoms with Crippen LogP contribution in [0.4, 0.5) is 0 Å². The van der Waals surface area contributed by atoms with Gasteiger partial charge in [-0.1, -0.05) is 6.07 Å². The van der Waals surface area contributed by atoms with E-state index in [0.717, 1.165) is 11.1 Å². The maximum atomic E-state index is 11.0. The lowest BCUT2D eigenvalue weighted by atomic mass is 10.1. The van der Waals surface area contributed by atoms with Gasteiger partial charge in [-0.15, -0.1) is 0 Å². The Morgan fingerprint density at radius 2 is 1.79 bits per heavy atom. The Labute approximate surface area is 81.7 Å². The van der Waals surface area contributed by atoms with E-state index in [2.05, 4.69) is 10.2 Å².